The van der Waals surface area contributed by atoms with Crippen molar-refractivity contribution in [3.05, 3.63) is 35.5 Å². The predicted molar refractivity (Wildman–Crippen MR) is 217 cm³/mol. The molecule has 0 spiro atoms. The van der Waals surface area contributed by atoms with E-state index in [4.69, 9.17) is 14.2 Å². The number of nitrogens with one attached hydrogen (secondary N) is 5. The molecular weight excluding hydrogens is 763 g/mol. The third-order valence-corrected chi connectivity index (χ3v) is 9.34. The van der Waals surface area contributed by atoms with Crippen molar-refractivity contribution in [2.75, 3.05) is 13.7 Å². The van der Waals surface area contributed by atoms with Crippen molar-refractivity contribution in [1.29, 1.82) is 5.26 Å². The van der Waals surface area contributed by atoms with Crippen LogP contribution in [0, 0.1) is 23.2 Å². The lowest BCUT2D eigenvalue weighted by molar-refractivity contribution is -0.161. The number of nitrogens with zero attached hydrogens (tertiary/aromatic N) is 2. The van der Waals surface area contributed by atoms with Gasteiger partial charge < -0.3 is 40.5 Å². The van der Waals surface area contributed by atoms with E-state index in [2.05, 4.69) is 32.3 Å². The number of ether oxygens (including phenoxy) is 3. The molecule has 17 heteroatoms. The number of esters is 2. The van der Waals surface area contributed by atoms with Crippen molar-refractivity contribution in [3.63, 3.8) is 0 Å². The summed E-state index contributed by atoms with van der Waals surface area (Å²) in [4.78, 5) is 98.9. The van der Waals surface area contributed by atoms with Crippen LogP contribution in [-0.2, 0) is 49.4 Å². The number of aromatic nitrogens is 1. The molecule has 0 aliphatic carbocycles. The number of hydrogen-bond donors (Lipinski definition) is 5. The van der Waals surface area contributed by atoms with E-state index in [9.17, 15) is 38.8 Å². The van der Waals surface area contributed by atoms with Crippen molar-refractivity contribution in [1.82, 2.24) is 31.2 Å². The van der Waals surface area contributed by atoms with Crippen LogP contribution in [0.15, 0.2) is 24.3 Å². The molecule has 324 valence electrons. The number of fused-ring (bicyclic) bond motifs is 1. The molecule has 59 heavy (non-hydrogen) atoms. The maximum atomic E-state index is 14.3. The molecule has 17 nitrogen and oxygen atoms in total. The van der Waals surface area contributed by atoms with Crippen LogP contribution in [0.2, 0.25) is 0 Å². The summed E-state index contributed by atoms with van der Waals surface area (Å²) in [5.41, 5.74) is -0.584. The predicted octanol–water partition coefficient (Wildman–Crippen LogP) is 3.53. The first-order chi connectivity index (χ1) is 27.4. The highest BCUT2D eigenvalue weighted by Crippen LogP contribution is 2.25. The van der Waals surface area contributed by atoms with Gasteiger partial charge in [0.1, 0.15) is 53.2 Å². The molecule has 5 atom stereocenters. The summed E-state index contributed by atoms with van der Waals surface area (Å²) in [6.07, 6.45) is -0.371. The van der Waals surface area contributed by atoms with Gasteiger partial charge in [-0.25, -0.2) is 9.59 Å². The molecule has 2 aromatic rings. The van der Waals surface area contributed by atoms with Crippen molar-refractivity contribution < 1.29 is 47.8 Å². The molecule has 1 saturated heterocycles. The van der Waals surface area contributed by atoms with Crippen LogP contribution >= 0.6 is 0 Å². The molecule has 2 heterocycles. The van der Waals surface area contributed by atoms with Gasteiger partial charge in [-0.05, 0) is 84.3 Å². The highest BCUT2D eigenvalue weighted by atomic mass is 16.6. The van der Waals surface area contributed by atoms with Crippen LogP contribution < -0.4 is 21.3 Å². The Morgan fingerprint density at radius 1 is 0.847 bits per heavy atom. The number of rotatable bonds is 16. The summed E-state index contributed by atoms with van der Waals surface area (Å²) >= 11 is 0. The molecule has 1 fully saturated rings. The van der Waals surface area contributed by atoms with Gasteiger partial charge in [-0.15, -0.1) is 0 Å². The third-order valence-electron chi connectivity index (χ3n) is 9.34. The van der Waals surface area contributed by atoms with Crippen molar-refractivity contribution >= 4 is 52.6 Å². The fourth-order valence-electron chi connectivity index (χ4n) is 6.61. The standard InChI is InChI=1S/C42H61N7O10/c1-23(2)19-28(46-38(54)34(24(3)4)48-37(53)32-17-14-18-49(32)40(56)59-42(8,9)10)35(51)45-29(20-26-25-15-12-13-16-27(25)44-31(26)22-43)36(52)47-30(21-33(50)57-11)39(55)58-41(5,6)7/h12-13,15-16,23-24,28-30,32,34,44H,14,17-21H2,1-11H3,(H,45,51)(H,46,54)(H,47,52)(H,48,53)/t28-,29+,30+,32-,34+/m0/s1. The number of carbonyl (C=O) groups is 7. The molecule has 1 aliphatic heterocycles. The van der Waals surface area contributed by atoms with Crippen LogP contribution in [0.5, 0.6) is 0 Å². The lowest BCUT2D eigenvalue weighted by Gasteiger charge is -2.31. The van der Waals surface area contributed by atoms with Crippen molar-refractivity contribution in [2.45, 2.75) is 143 Å². The zero-order chi connectivity index (χ0) is 44.4. The minimum atomic E-state index is -1.50. The van der Waals surface area contributed by atoms with Gasteiger partial charge >= 0.3 is 18.0 Å². The first-order valence-electron chi connectivity index (χ1n) is 19.9. The van der Waals surface area contributed by atoms with Gasteiger partial charge in [-0.2, -0.15) is 5.26 Å². The molecule has 0 radical (unpaired) electrons. The second kappa shape index (κ2) is 20.3. The molecule has 5 amide bonds. The Hall–Kier alpha value is -5.66. The van der Waals surface area contributed by atoms with Crippen LogP contribution in [-0.4, -0.2) is 107 Å². The van der Waals surface area contributed by atoms with E-state index in [1.807, 2.05) is 13.8 Å². The number of benzene rings is 1. The molecule has 5 N–H and O–H groups in total. The Labute approximate surface area is 346 Å². The zero-order valence-corrected chi connectivity index (χ0v) is 36.1. The van der Waals surface area contributed by atoms with E-state index in [0.29, 0.717) is 35.9 Å². The largest absolute Gasteiger partial charge is 0.469 e. The van der Waals surface area contributed by atoms with E-state index in [0.717, 1.165) is 7.11 Å². The average Bonchev–Trinajstić information content (AvgIpc) is 3.76. The fraction of sp³-hybridized carbons (Fsp3) is 0.619. The number of para-hydroxylation sites is 1. The molecule has 1 aromatic heterocycles. The monoisotopic (exact) mass is 823 g/mol. The Morgan fingerprint density at radius 3 is 2.02 bits per heavy atom. The second-order valence-corrected chi connectivity index (χ2v) is 17.5. The molecule has 0 unspecified atom stereocenters. The van der Waals surface area contributed by atoms with Gasteiger partial charge in [0.15, 0.2) is 0 Å². The quantitative estimate of drug-likeness (QED) is 0.121. The van der Waals surface area contributed by atoms with Gasteiger partial charge in [0, 0.05) is 23.9 Å². The van der Waals surface area contributed by atoms with Crippen LogP contribution in [0.4, 0.5) is 4.79 Å². The fourth-order valence-corrected chi connectivity index (χ4v) is 6.61. The number of hydrogen-bond acceptors (Lipinski definition) is 11. The molecule has 1 aliphatic rings. The lowest BCUT2D eigenvalue weighted by Crippen LogP contribution is -2.60. The first kappa shape index (κ1) is 47.7. The second-order valence-electron chi connectivity index (χ2n) is 17.5. The summed E-state index contributed by atoms with van der Waals surface area (Å²) in [5.74, 6) is -5.13. The summed E-state index contributed by atoms with van der Waals surface area (Å²) in [5, 5.41) is 21.5. The Kier molecular flexibility index (Phi) is 16.5. The van der Waals surface area contributed by atoms with Crippen LogP contribution in [0.25, 0.3) is 10.9 Å². The van der Waals surface area contributed by atoms with E-state index in [-0.39, 0.29) is 24.5 Å². The summed E-state index contributed by atoms with van der Waals surface area (Å²) < 4.78 is 15.7. The minimum Gasteiger partial charge on any atom is -0.469 e. The number of methoxy groups -OCH3 is 1. The highest BCUT2D eigenvalue weighted by molar-refractivity contribution is 5.97. The first-order valence-corrected chi connectivity index (χ1v) is 19.9. The zero-order valence-electron chi connectivity index (χ0n) is 36.1. The molecule has 0 saturated carbocycles. The van der Waals surface area contributed by atoms with Gasteiger partial charge in [-0.3, -0.25) is 28.9 Å². The third kappa shape index (κ3) is 14.0. The molecule has 1 aromatic carbocycles. The van der Waals surface area contributed by atoms with Crippen LogP contribution in [0.1, 0.15) is 106 Å². The summed E-state index contributed by atoms with van der Waals surface area (Å²) in [6, 6.07) is 3.00. The van der Waals surface area contributed by atoms with Crippen molar-refractivity contribution in [2.24, 2.45) is 11.8 Å². The molecule has 0 bridgehead atoms. The Balaban J connectivity index is 1.94. The highest BCUT2D eigenvalue weighted by Gasteiger charge is 2.40. The Bertz CT molecular complexity index is 1900. The number of H-pyrrole nitrogens is 1. The average molecular weight is 824 g/mol. The van der Waals surface area contributed by atoms with E-state index >= 15 is 0 Å². The van der Waals surface area contributed by atoms with E-state index < -0.39 is 95.4 Å². The van der Waals surface area contributed by atoms with E-state index in [1.165, 1.54) is 4.90 Å². The minimum absolute atomic E-state index is 0.124. The summed E-state index contributed by atoms with van der Waals surface area (Å²) in [6.45, 7) is 17.5. The topological polar surface area (TPSA) is 238 Å². The maximum Gasteiger partial charge on any atom is 0.410 e. The van der Waals surface area contributed by atoms with Gasteiger partial charge in [-0.1, -0.05) is 45.9 Å². The summed E-state index contributed by atoms with van der Waals surface area (Å²) in [7, 11) is 1.13. The molecular formula is C42H61N7O10. The van der Waals surface area contributed by atoms with Gasteiger partial charge in [0.05, 0.1) is 13.5 Å². The van der Waals surface area contributed by atoms with Gasteiger partial charge in [0.2, 0.25) is 23.6 Å². The van der Waals surface area contributed by atoms with Crippen LogP contribution in [0.3, 0.4) is 0 Å². The Morgan fingerprint density at radius 2 is 1.44 bits per heavy atom. The normalized spacial score (nSPS) is 16.3. The van der Waals surface area contributed by atoms with Crippen molar-refractivity contribution in [3.8, 4) is 6.07 Å². The number of nitriles is 1. The molecule has 3 rings (SSSR count). The van der Waals surface area contributed by atoms with Gasteiger partial charge in [0.25, 0.3) is 0 Å². The maximum absolute atomic E-state index is 14.3. The number of carbonyl (C=O) groups excluding carboxylic acids is 7. The van der Waals surface area contributed by atoms with E-state index in [1.54, 1.807) is 79.7 Å². The number of likely N-dealkylation sites (tertiary alicyclic amines) is 1. The SMILES string of the molecule is COC(=O)C[C@@H](NC(=O)[C@@H](Cc1c(C#N)[nH]c2ccccc12)NC(=O)[C@H](CC(C)C)NC(=O)[C@H](NC(=O)[C@@H]1CCCN1C(=O)OC(C)(C)C)C(C)C)C(=O)OC(C)(C)C. The smallest absolute Gasteiger partial charge is 0.410 e. The number of amides is 5. The lowest BCUT2D eigenvalue weighted by atomic mass is 9.98. The number of aromatic amines is 1.